The summed E-state index contributed by atoms with van der Waals surface area (Å²) in [4.78, 5) is 33.1. The Morgan fingerprint density at radius 1 is 0.963 bits per heavy atom. The maximum atomic E-state index is 12.6. The summed E-state index contributed by atoms with van der Waals surface area (Å²) in [5, 5.41) is 0. The van der Waals surface area contributed by atoms with Gasteiger partial charge < -0.3 is 0 Å². The highest BCUT2D eigenvalue weighted by atomic mass is 16.2. The Morgan fingerprint density at radius 2 is 1.74 bits per heavy atom. The Bertz CT molecular complexity index is 885. The SMILES string of the molecule is O=C1c2ccncc2C(=O)N1Cc1ccc2c(c1)CCN(C1CCC1)CC2. The van der Waals surface area contributed by atoms with Crippen LogP contribution in [-0.4, -0.2) is 45.7 Å². The zero-order chi connectivity index (χ0) is 18.4. The van der Waals surface area contributed by atoms with Gasteiger partial charge >= 0.3 is 0 Å². The van der Waals surface area contributed by atoms with Crippen molar-refractivity contribution in [3.05, 3.63) is 64.5 Å². The van der Waals surface area contributed by atoms with Gasteiger partial charge in [0.1, 0.15) is 0 Å². The van der Waals surface area contributed by atoms with Crippen LogP contribution in [0.5, 0.6) is 0 Å². The quantitative estimate of drug-likeness (QED) is 0.789. The molecular weight excluding hydrogens is 338 g/mol. The van der Waals surface area contributed by atoms with Crippen LogP contribution in [0.25, 0.3) is 0 Å². The van der Waals surface area contributed by atoms with Crippen LogP contribution in [0.1, 0.15) is 56.7 Å². The van der Waals surface area contributed by atoms with Crippen LogP contribution in [0.3, 0.4) is 0 Å². The first kappa shape index (κ1) is 16.6. The number of nitrogens with zero attached hydrogens (tertiary/aromatic N) is 3. The molecule has 2 aliphatic heterocycles. The maximum absolute atomic E-state index is 12.6. The van der Waals surface area contributed by atoms with Gasteiger partial charge in [-0.25, -0.2) is 0 Å². The second kappa shape index (κ2) is 6.57. The van der Waals surface area contributed by atoms with E-state index >= 15 is 0 Å². The van der Waals surface area contributed by atoms with E-state index in [1.54, 1.807) is 12.3 Å². The zero-order valence-corrected chi connectivity index (χ0v) is 15.4. The van der Waals surface area contributed by atoms with Gasteiger partial charge in [-0.05, 0) is 48.4 Å². The predicted octanol–water partition coefficient (Wildman–Crippen LogP) is 2.83. The molecule has 0 atom stereocenters. The lowest BCUT2D eigenvalue weighted by atomic mass is 9.91. The number of fused-ring (bicyclic) bond motifs is 2. The van der Waals surface area contributed by atoms with Crippen LogP contribution >= 0.6 is 0 Å². The molecule has 5 rings (SSSR count). The highest BCUT2D eigenvalue weighted by Gasteiger charge is 2.35. The monoisotopic (exact) mass is 361 g/mol. The number of hydrogen-bond acceptors (Lipinski definition) is 4. The summed E-state index contributed by atoms with van der Waals surface area (Å²) >= 11 is 0. The lowest BCUT2D eigenvalue weighted by Crippen LogP contribution is -2.41. The standard InChI is InChI=1S/C22H23N3O2/c26-21-19-6-9-23-13-20(19)22(27)25(21)14-15-4-5-16-7-10-24(18-2-1-3-18)11-8-17(16)12-15/h4-6,9,12-13,18H,1-3,7-8,10-11,14H2. The molecule has 0 N–H and O–H groups in total. The van der Waals surface area contributed by atoms with E-state index in [2.05, 4.69) is 28.1 Å². The van der Waals surface area contributed by atoms with Crippen LogP contribution in [0.15, 0.2) is 36.7 Å². The summed E-state index contributed by atoms with van der Waals surface area (Å²) in [5.41, 5.74) is 4.67. The second-order valence-corrected chi connectivity index (χ2v) is 7.84. The van der Waals surface area contributed by atoms with Crippen molar-refractivity contribution in [3.8, 4) is 0 Å². The third kappa shape index (κ3) is 2.86. The van der Waals surface area contributed by atoms with E-state index in [9.17, 15) is 9.59 Å². The van der Waals surface area contributed by atoms with E-state index in [1.165, 1.54) is 41.5 Å². The van der Waals surface area contributed by atoms with Crippen molar-refractivity contribution in [2.75, 3.05) is 13.1 Å². The number of hydrogen-bond donors (Lipinski definition) is 0. The van der Waals surface area contributed by atoms with Crippen LogP contribution in [0, 0.1) is 0 Å². The Kier molecular flexibility index (Phi) is 4.05. The molecule has 0 bridgehead atoms. The summed E-state index contributed by atoms with van der Waals surface area (Å²) in [6, 6.07) is 8.86. The predicted molar refractivity (Wildman–Crippen MR) is 102 cm³/mol. The van der Waals surface area contributed by atoms with E-state index in [0.717, 1.165) is 37.5 Å². The number of amides is 2. The number of pyridine rings is 1. The molecule has 5 heteroatoms. The first-order chi connectivity index (χ1) is 13.2. The third-order valence-corrected chi connectivity index (χ3v) is 6.31. The van der Waals surface area contributed by atoms with Gasteiger partial charge in [0, 0.05) is 31.5 Å². The molecule has 2 amide bonds. The molecule has 1 fully saturated rings. The summed E-state index contributed by atoms with van der Waals surface area (Å²) < 4.78 is 0. The number of aromatic nitrogens is 1. The zero-order valence-electron chi connectivity index (χ0n) is 15.4. The van der Waals surface area contributed by atoms with Crippen molar-refractivity contribution in [3.63, 3.8) is 0 Å². The molecule has 3 aliphatic rings. The maximum Gasteiger partial charge on any atom is 0.263 e. The van der Waals surface area contributed by atoms with Crippen LogP contribution in [0.4, 0.5) is 0 Å². The first-order valence-electron chi connectivity index (χ1n) is 9.85. The minimum Gasteiger partial charge on any atom is -0.300 e. The molecule has 1 saturated carbocycles. The Hall–Kier alpha value is -2.53. The Labute approximate surface area is 159 Å². The lowest BCUT2D eigenvalue weighted by molar-refractivity contribution is 0.0642. The summed E-state index contributed by atoms with van der Waals surface area (Å²) in [6.07, 6.45) is 9.24. The highest BCUT2D eigenvalue weighted by Crippen LogP contribution is 2.28. The molecule has 0 unspecified atom stereocenters. The van der Waals surface area contributed by atoms with E-state index < -0.39 is 0 Å². The molecule has 1 aromatic carbocycles. The number of benzene rings is 1. The molecule has 5 nitrogen and oxygen atoms in total. The average molecular weight is 361 g/mol. The second-order valence-electron chi connectivity index (χ2n) is 7.84. The molecule has 0 spiro atoms. The average Bonchev–Trinajstić information content (AvgIpc) is 2.79. The normalized spacial score (nSPS) is 20.2. The van der Waals surface area contributed by atoms with Crippen LogP contribution in [-0.2, 0) is 19.4 Å². The first-order valence-corrected chi connectivity index (χ1v) is 9.85. The molecule has 138 valence electrons. The fraction of sp³-hybridized carbons (Fsp3) is 0.409. The Morgan fingerprint density at radius 3 is 2.48 bits per heavy atom. The molecule has 0 radical (unpaired) electrons. The molecule has 1 aromatic heterocycles. The van der Waals surface area contributed by atoms with Gasteiger partial charge in [0.25, 0.3) is 11.8 Å². The largest absolute Gasteiger partial charge is 0.300 e. The van der Waals surface area contributed by atoms with Gasteiger partial charge in [0.2, 0.25) is 0 Å². The molecule has 0 saturated heterocycles. The number of rotatable bonds is 3. The molecular formula is C22H23N3O2. The number of carbonyl (C=O) groups excluding carboxylic acids is 2. The Balaban J connectivity index is 1.34. The van der Waals surface area contributed by atoms with Crippen LogP contribution < -0.4 is 0 Å². The van der Waals surface area contributed by atoms with Crippen molar-refractivity contribution in [1.29, 1.82) is 0 Å². The van der Waals surface area contributed by atoms with Crippen molar-refractivity contribution in [2.45, 2.75) is 44.7 Å². The summed E-state index contributed by atoms with van der Waals surface area (Å²) in [7, 11) is 0. The fourth-order valence-electron chi connectivity index (χ4n) is 4.47. The molecule has 3 heterocycles. The van der Waals surface area contributed by atoms with E-state index in [1.807, 2.05) is 0 Å². The minimum absolute atomic E-state index is 0.219. The van der Waals surface area contributed by atoms with E-state index in [-0.39, 0.29) is 11.8 Å². The van der Waals surface area contributed by atoms with Crippen molar-refractivity contribution < 1.29 is 9.59 Å². The minimum atomic E-state index is -0.241. The van der Waals surface area contributed by atoms with Gasteiger partial charge in [-0.3, -0.25) is 24.4 Å². The summed E-state index contributed by atoms with van der Waals surface area (Å²) in [6.45, 7) is 2.58. The van der Waals surface area contributed by atoms with E-state index in [4.69, 9.17) is 0 Å². The van der Waals surface area contributed by atoms with Gasteiger partial charge in [0.05, 0.1) is 17.7 Å². The smallest absolute Gasteiger partial charge is 0.263 e. The molecule has 1 aliphatic carbocycles. The molecule has 2 aromatic rings. The van der Waals surface area contributed by atoms with E-state index in [0.29, 0.717) is 17.7 Å². The van der Waals surface area contributed by atoms with Gasteiger partial charge in [-0.15, -0.1) is 0 Å². The third-order valence-electron chi connectivity index (χ3n) is 6.31. The lowest BCUT2D eigenvalue weighted by Gasteiger charge is -2.36. The van der Waals surface area contributed by atoms with Gasteiger partial charge in [-0.2, -0.15) is 0 Å². The van der Waals surface area contributed by atoms with Crippen LogP contribution in [0.2, 0.25) is 0 Å². The van der Waals surface area contributed by atoms with Gasteiger partial charge in [0.15, 0.2) is 0 Å². The van der Waals surface area contributed by atoms with Gasteiger partial charge in [-0.1, -0.05) is 24.6 Å². The topological polar surface area (TPSA) is 53.5 Å². The fourth-order valence-corrected chi connectivity index (χ4v) is 4.47. The summed E-state index contributed by atoms with van der Waals surface area (Å²) in [5.74, 6) is -0.460. The van der Waals surface area contributed by atoms with Crippen molar-refractivity contribution in [1.82, 2.24) is 14.8 Å². The number of imide groups is 1. The molecule has 27 heavy (non-hydrogen) atoms. The highest BCUT2D eigenvalue weighted by molar-refractivity contribution is 6.21. The van der Waals surface area contributed by atoms with Crippen molar-refractivity contribution in [2.24, 2.45) is 0 Å². The number of carbonyl (C=O) groups is 2. The van der Waals surface area contributed by atoms with Crippen molar-refractivity contribution >= 4 is 11.8 Å².